The van der Waals surface area contributed by atoms with Gasteiger partial charge in [0.2, 0.25) is 5.13 Å². The second-order valence-electron chi connectivity index (χ2n) is 3.73. The van der Waals surface area contributed by atoms with Crippen LogP contribution in [0.5, 0.6) is 11.5 Å². The molecule has 0 spiro atoms. The van der Waals surface area contributed by atoms with Gasteiger partial charge in [-0.05, 0) is 40.5 Å². The lowest BCUT2D eigenvalue weighted by molar-refractivity contribution is 0.317. The standard InChI is InChI=1S/C12H13BrN4O2S/c1-2-19-9-4-7(3-8(13)11(9)18)5-15-17-12-16-10(14)6-20-12/h3-6,18H,2,14H2,1H3,(H,16,17). The van der Waals surface area contributed by atoms with Crippen molar-refractivity contribution in [2.24, 2.45) is 5.10 Å². The van der Waals surface area contributed by atoms with Crippen LogP contribution in [0.1, 0.15) is 12.5 Å². The van der Waals surface area contributed by atoms with Crippen LogP contribution in [-0.4, -0.2) is 22.9 Å². The van der Waals surface area contributed by atoms with Crippen molar-refractivity contribution in [2.75, 3.05) is 17.8 Å². The largest absolute Gasteiger partial charge is 0.503 e. The van der Waals surface area contributed by atoms with Crippen molar-refractivity contribution >= 4 is 44.4 Å². The number of nitrogen functional groups attached to an aromatic ring is 1. The smallest absolute Gasteiger partial charge is 0.205 e. The Labute approximate surface area is 128 Å². The van der Waals surface area contributed by atoms with E-state index in [0.717, 1.165) is 5.56 Å². The molecule has 0 bridgehead atoms. The van der Waals surface area contributed by atoms with Gasteiger partial charge in [0, 0.05) is 5.38 Å². The molecule has 106 valence electrons. The zero-order valence-electron chi connectivity index (χ0n) is 10.6. The van der Waals surface area contributed by atoms with Crippen LogP contribution in [0.3, 0.4) is 0 Å². The number of ether oxygens (including phenoxy) is 1. The quantitative estimate of drug-likeness (QED) is 0.565. The van der Waals surface area contributed by atoms with Gasteiger partial charge in [0.05, 0.1) is 17.3 Å². The fourth-order valence-electron chi connectivity index (χ4n) is 1.43. The maximum absolute atomic E-state index is 9.81. The van der Waals surface area contributed by atoms with Gasteiger partial charge in [-0.1, -0.05) is 0 Å². The molecular weight excluding hydrogens is 344 g/mol. The van der Waals surface area contributed by atoms with Gasteiger partial charge in [0.25, 0.3) is 0 Å². The van der Waals surface area contributed by atoms with Crippen molar-refractivity contribution in [3.8, 4) is 11.5 Å². The van der Waals surface area contributed by atoms with Crippen molar-refractivity contribution < 1.29 is 9.84 Å². The lowest BCUT2D eigenvalue weighted by atomic mass is 10.2. The maximum atomic E-state index is 9.81. The van der Waals surface area contributed by atoms with Crippen LogP contribution in [-0.2, 0) is 0 Å². The number of anilines is 2. The molecule has 0 unspecified atom stereocenters. The molecule has 1 aromatic carbocycles. The van der Waals surface area contributed by atoms with Crippen LogP contribution < -0.4 is 15.9 Å². The highest BCUT2D eigenvalue weighted by Gasteiger charge is 2.08. The van der Waals surface area contributed by atoms with E-state index in [4.69, 9.17) is 10.5 Å². The van der Waals surface area contributed by atoms with Crippen molar-refractivity contribution in [2.45, 2.75) is 6.92 Å². The summed E-state index contributed by atoms with van der Waals surface area (Å²) >= 11 is 4.63. The number of nitrogens with one attached hydrogen (secondary N) is 1. The second kappa shape index (κ2) is 6.58. The van der Waals surface area contributed by atoms with E-state index >= 15 is 0 Å². The Hall–Kier alpha value is -1.80. The highest BCUT2D eigenvalue weighted by molar-refractivity contribution is 9.10. The average molecular weight is 357 g/mol. The molecule has 0 atom stereocenters. The summed E-state index contributed by atoms with van der Waals surface area (Å²) in [6.45, 7) is 2.32. The van der Waals surface area contributed by atoms with E-state index < -0.39 is 0 Å². The third-order valence-corrected chi connectivity index (χ3v) is 3.62. The molecule has 0 amide bonds. The van der Waals surface area contributed by atoms with E-state index in [9.17, 15) is 5.11 Å². The average Bonchev–Trinajstić information content (AvgIpc) is 2.81. The first-order chi connectivity index (χ1) is 9.60. The SMILES string of the molecule is CCOc1cc(C=NNc2nc(N)cs2)cc(Br)c1O. The third kappa shape index (κ3) is 3.61. The number of phenolic OH excluding ortho intramolecular Hbond substituents is 1. The van der Waals surface area contributed by atoms with Gasteiger partial charge in [-0.3, -0.25) is 5.43 Å². The summed E-state index contributed by atoms with van der Waals surface area (Å²) in [5, 5.41) is 16.2. The monoisotopic (exact) mass is 356 g/mol. The van der Waals surface area contributed by atoms with Crippen molar-refractivity contribution in [1.82, 2.24) is 4.98 Å². The van der Waals surface area contributed by atoms with Gasteiger partial charge < -0.3 is 15.6 Å². The molecule has 1 heterocycles. The summed E-state index contributed by atoms with van der Waals surface area (Å²) in [6.07, 6.45) is 1.60. The Balaban J connectivity index is 2.12. The van der Waals surface area contributed by atoms with Gasteiger partial charge in [-0.15, -0.1) is 11.3 Å². The normalized spacial score (nSPS) is 10.9. The number of hydrogen-bond acceptors (Lipinski definition) is 7. The molecule has 0 aliphatic carbocycles. The number of halogens is 1. The number of rotatable bonds is 5. The predicted molar refractivity (Wildman–Crippen MR) is 84.7 cm³/mol. The Kier molecular flexibility index (Phi) is 4.80. The highest BCUT2D eigenvalue weighted by Crippen LogP contribution is 2.35. The Morgan fingerprint density at radius 2 is 2.40 bits per heavy atom. The fraction of sp³-hybridized carbons (Fsp3) is 0.167. The molecule has 0 saturated carbocycles. The number of hydrazone groups is 1. The number of hydrogen-bond donors (Lipinski definition) is 3. The molecule has 20 heavy (non-hydrogen) atoms. The Morgan fingerprint density at radius 3 is 3.05 bits per heavy atom. The zero-order chi connectivity index (χ0) is 14.5. The molecule has 6 nitrogen and oxygen atoms in total. The van der Waals surface area contributed by atoms with E-state index in [1.165, 1.54) is 11.3 Å². The van der Waals surface area contributed by atoms with Gasteiger partial charge in [-0.25, -0.2) is 4.98 Å². The van der Waals surface area contributed by atoms with Gasteiger partial charge in [-0.2, -0.15) is 5.10 Å². The van der Waals surface area contributed by atoms with E-state index in [1.807, 2.05) is 6.92 Å². The molecule has 0 radical (unpaired) electrons. The number of phenols is 1. The van der Waals surface area contributed by atoms with Crippen molar-refractivity contribution in [3.05, 3.63) is 27.5 Å². The molecular formula is C12H13BrN4O2S. The molecule has 0 fully saturated rings. The first-order valence-electron chi connectivity index (χ1n) is 5.75. The lowest BCUT2D eigenvalue weighted by Crippen LogP contribution is -1.95. The lowest BCUT2D eigenvalue weighted by Gasteiger charge is -2.08. The highest BCUT2D eigenvalue weighted by atomic mass is 79.9. The van der Waals surface area contributed by atoms with Crippen LogP contribution in [0.4, 0.5) is 10.9 Å². The summed E-state index contributed by atoms with van der Waals surface area (Å²) < 4.78 is 5.88. The molecule has 2 rings (SSSR count). The summed E-state index contributed by atoms with van der Waals surface area (Å²) in [5.74, 6) is 0.935. The minimum atomic E-state index is 0.0738. The number of aromatic hydroxyl groups is 1. The van der Waals surface area contributed by atoms with Crippen LogP contribution in [0.25, 0.3) is 0 Å². The summed E-state index contributed by atoms with van der Waals surface area (Å²) in [6, 6.07) is 3.43. The van der Waals surface area contributed by atoms with Crippen LogP contribution in [0.15, 0.2) is 27.1 Å². The first-order valence-corrected chi connectivity index (χ1v) is 7.42. The maximum Gasteiger partial charge on any atom is 0.205 e. The molecule has 1 aromatic heterocycles. The van der Waals surface area contributed by atoms with Crippen LogP contribution in [0, 0.1) is 0 Å². The Bertz CT molecular complexity index is 630. The minimum absolute atomic E-state index is 0.0738. The van der Waals surface area contributed by atoms with Crippen molar-refractivity contribution in [3.63, 3.8) is 0 Å². The summed E-state index contributed by atoms with van der Waals surface area (Å²) in [5.41, 5.74) is 9.06. The van der Waals surface area contributed by atoms with E-state index in [-0.39, 0.29) is 5.75 Å². The van der Waals surface area contributed by atoms with Gasteiger partial charge >= 0.3 is 0 Å². The summed E-state index contributed by atoms with van der Waals surface area (Å²) in [4.78, 5) is 4.02. The Morgan fingerprint density at radius 1 is 1.60 bits per heavy atom. The first kappa shape index (κ1) is 14.6. The number of aromatic nitrogens is 1. The minimum Gasteiger partial charge on any atom is -0.503 e. The summed E-state index contributed by atoms with van der Waals surface area (Å²) in [7, 11) is 0. The zero-order valence-corrected chi connectivity index (χ0v) is 13.0. The molecule has 2 aromatic rings. The van der Waals surface area contributed by atoms with E-state index in [2.05, 4.69) is 31.4 Å². The number of nitrogens with zero attached hydrogens (tertiary/aromatic N) is 2. The predicted octanol–water partition coefficient (Wildman–Crippen LogP) is 3.04. The second-order valence-corrected chi connectivity index (χ2v) is 5.44. The number of benzene rings is 1. The number of nitrogens with two attached hydrogens (primary N) is 1. The molecule has 0 saturated heterocycles. The van der Waals surface area contributed by atoms with E-state index in [1.54, 1.807) is 23.7 Å². The van der Waals surface area contributed by atoms with Gasteiger partial charge in [0.15, 0.2) is 11.5 Å². The van der Waals surface area contributed by atoms with Crippen LogP contribution in [0.2, 0.25) is 0 Å². The fourth-order valence-corrected chi connectivity index (χ4v) is 2.44. The van der Waals surface area contributed by atoms with Gasteiger partial charge in [0.1, 0.15) is 5.82 Å². The third-order valence-electron chi connectivity index (χ3n) is 2.25. The van der Waals surface area contributed by atoms with Crippen molar-refractivity contribution in [1.29, 1.82) is 0 Å². The molecule has 8 heteroatoms. The topological polar surface area (TPSA) is 92.8 Å². The number of thiazole rings is 1. The molecule has 4 N–H and O–H groups in total. The van der Waals surface area contributed by atoms with E-state index in [0.29, 0.717) is 27.8 Å². The molecule has 0 aliphatic heterocycles. The van der Waals surface area contributed by atoms with Crippen LogP contribution >= 0.6 is 27.3 Å². The molecule has 0 aliphatic rings.